The van der Waals surface area contributed by atoms with Crippen LogP contribution in [0.4, 0.5) is 5.69 Å². The summed E-state index contributed by atoms with van der Waals surface area (Å²) >= 11 is 4.50. The molecular formula is C22H26BrN3O4S. The number of amides is 1. The molecule has 1 amide bonds. The Bertz CT molecular complexity index is 937. The summed E-state index contributed by atoms with van der Waals surface area (Å²) in [5, 5.41) is 22.4. The van der Waals surface area contributed by atoms with Crippen LogP contribution in [-0.4, -0.2) is 38.1 Å². The lowest BCUT2D eigenvalue weighted by Gasteiger charge is -2.31. The number of amidine groups is 1. The molecule has 3 fully saturated rings. The van der Waals surface area contributed by atoms with Gasteiger partial charge in [-0.3, -0.25) is 24.8 Å². The van der Waals surface area contributed by atoms with Crippen LogP contribution in [0.15, 0.2) is 26.5 Å². The first-order valence-electron chi connectivity index (χ1n) is 10.9. The Labute approximate surface area is 194 Å². The van der Waals surface area contributed by atoms with Gasteiger partial charge in [-0.2, -0.15) is 0 Å². The van der Waals surface area contributed by atoms with E-state index in [2.05, 4.69) is 15.9 Å². The fraction of sp³-hybridized carbons (Fsp3) is 0.545. The summed E-state index contributed by atoms with van der Waals surface area (Å²) in [5.74, 6) is -0.234. The van der Waals surface area contributed by atoms with Crippen LogP contribution in [0.3, 0.4) is 0 Å². The third-order valence-corrected chi connectivity index (χ3v) is 7.82. The molecule has 7 nitrogen and oxygen atoms in total. The second-order valence-corrected chi connectivity index (χ2v) is 10.3. The van der Waals surface area contributed by atoms with Crippen LogP contribution in [-0.2, 0) is 4.79 Å². The topological polar surface area (TPSA) is 96.0 Å². The van der Waals surface area contributed by atoms with Crippen LogP contribution in [0, 0.1) is 10.1 Å². The normalized spacial score (nSPS) is 23.8. The lowest BCUT2D eigenvalue weighted by molar-refractivity contribution is -0.385. The van der Waals surface area contributed by atoms with Crippen molar-refractivity contribution in [3.05, 3.63) is 37.2 Å². The van der Waals surface area contributed by atoms with Crippen molar-refractivity contribution < 1.29 is 14.8 Å². The van der Waals surface area contributed by atoms with E-state index in [-0.39, 0.29) is 39.5 Å². The summed E-state index contributed by atoms with van der Waals surface area (Å²) in [5.41, 5.74) is 0.103. The molecule has 2 aliphatic carbocycles. The minimum atomic E-state index is -0.514. The molecule has 31 heavy (non-hydrogen) atoms. The predicted molar refractivity (Wildman–Crippen MR) is 126 cm³/mol. The molecule has 1 N–H and O–H groups in total. The van der Waals surface area contributed by atoms with E-state index >= 15 is 0 Å². The molecule has 1 aromatic carbocycles. The van der Waals surface area contributed by atoms with Gasteiger partial charge in [-0.25, -0.2) is 0 Å². The largest absolute Gasteiger partial charge is 0.506 e. The number of halogens is 1. The van der Waals surface area contributed by atoms with E-state index in [1.807, 2.05) is 4.90 Å². The third kappa shape index (κ3) is 4.98. The van der Waals surface area contributed by atoms with E-state index in [1.54, 1.807) is 6.08 Å². The van der Waals surface area contributed by atoms with Gasteiger partial charge in [-0.05, 0) is 59.5 Å². The number of carbonyl (C=O) groups excluding carboxylic acids is 1. The Kier molecular flexibility index (Phi) is 7.01. The zero-order chi connectivity index (χ0) is 22.0. The van der Waals surface area contributed by atoms with E-state index in [1.165, 1.54) is 49.6 Å². The van der Waals surface area contributed by atoms with Crippen molar-refractivity contribution in [3.8, 4) is 5.75 Å². The number of nitro benzene ring substituents is 1. The molecule has 1 heterocycles. The van der Waals surface area contributed by atoms with E-state index in [0.29, 0.717) is 4.91 Å². The third-order valence-electron chi connectivity index (χ3n) is 6.22. The second-order valence-electron chi connectivity index (χ2n) is 8.40. The zero-order valence-electron chi connectivity index (χ0n) is 17.3. The Balaban J connectivity index is 1.69. The van der Waals surface area contributed by atoms with Crippen molar-refractivity contribution in [3.63, 3.8) is 0 Å². The van der Waals surface area contributed by atoms with Crippen molar-refractivity contribution in [2.24, 2.45) is 4.99 Å². The van der Waals surface area contributed by atoms with Gasteiger partial charge in [-0.15, -0.1) is 0 Å². The number of aromatic hydroxyl groups is 1. The highest BCUT2D eigenvalue weighted by Gasteiger charge is 2.39. The number of rotatable bonds is 4. The van der Waals surface area contributed by atoms with Crippen molar-refractivity contribution in [2.45, 2.75) is 76.3 Å². The van der Waals surface area contributed by atoms with Crippen LogP contribution in [0.5, 0.6) is 5.75 Å². The molecule has 0 aromatic heterocycles. The first-order chi connectivity index (χ1) is 14.9. The maximum Gasteiger partial charge on any atom is 0.271 e. The number of phenolic OH excluding ortho intramolecular Hbond substituents is 1. The molecule has 166 valence electrons. The molecule has 0 bridgehead atoms. The number of nitrogens with zero attached hydrogens (tertiary/aromatic N) is 3. The number of thioether (sulfide) groups is 1. The molecule has 3 aliphatic rings. The van der Waals surface area contributed by atoms with Gasteiger partial charge in [0.2, 0.25) is 0 Å². The lowest BCUT2D eigenvalue weighted by atomic mass is 9.94. The van der Waals surface area contributed by atoms with Gasteiger partial charge in [0, 0.05) is 23.7 Å². The van der Waals surface area contributed by atoms with E-state index in [4.69, 9.17) is 4.99 Å². The summed E-state index contributed by atoms with van der Waals surface area (Å²) in [6.45, 7) is 0. The van der Waals surface area contributed by atoms with Gasteiger partial charge < -0.3 is 5.11 Å². The molecule has 4 rings (SSSR count). The number of phenols is 1. The Morgan fingerprint density at radius 2 is 1.77 bits per heavy atom. The number of hydrogen-bond donors (Lipinski definition) is 1. The van der Waals surface area contributed by atoms with Gasteiger partial charge >= 0.3 is 0 Å². The quantitative estimate of drug-likeness (QED) is 0.306. The van der Waals surface area contributed by atoms with E-state index in [0.717, 1.165) is 43.7 Å². The molecular weight excluding hydrogens is 482 g/mol. The van der Waals surface area contributed by atoms with Crippen molar-refractivity contribution in [1.29, 1.82) is 0 Å². The highest BCUT2D eigenvalue weighted by atomic mass is 79.9. The molecule has 0 radical (unpaired) electrons. The van der Waals surface area contributed by atoms with E-state index in [9.17, 15) is 20.0 Å². The summed E-state index contributed by atoms with van der Waals surface area (Å²) < 4.78 is 0.226. The summed E-state index contributed by atoms with van der Waals surface area (Å²) in [6.07, 6.45) is 12.6. The van der Waals surface area contributed by atoms with Gasteiger partial charge in [-0.1, -0.05) is 38.5 Å². The van der Waals surface area contributed by atoms with Crippen LogP contribution in [0.2, 0.25) is 0 Å². The standard InChI is InChI=1S/C22H26BrN3O4S/c23-18-13-17(26(29)30)11-14(20(18)27)12-19-21(28)25(16-9-5-2-6-10-16)22(31-19)24-15-7-3-1-4-8-15/h11-13,15-16,27H,1-10H2. The number of non-ortho nitro benzene ring substituents is 1. The minimum absolute atomic E-state index is 0.117. The summed E-state index contributed by atoms with van der Waals surface area (Å²) in [4.78, 5) is 31.4. The summed E-state index contributed by atoms with van der Waals surface area (Å²) in [6, 6.07) is 2.94. The van der Waals surface area contributed by atoms with Crippen LogP contribution < -0.4 is 0 Å². The molecule has 1 aliphatic heterocycles. The SMILES string of the molecule is O=C1C(=Cc2cc([N+](=O)[O-])cc(Br)c2O)SC(=NC2CCCCC2)N1C1CCCCC1. The zero-order valence-corrected chi connectivity index (χ0v) is 19.7. The molecule has 1 saturated heterocycles. The smallest absolute Gasteiger partial charge is 0.271 e. The number of aliphatic imine (C=N–C) groups is 1. The number of nitro groups is 1. The Hall–Kier alpha value is -1.87. The van der Waals surface area contributed by atoms with Gasteiger partial charge in [0.05, 0.1) is 20.3 Å². The highest BCUT2D eigenvalue weighted by molar-refractivity contribution is 9.10. The molecule has 2 saturated carbocycles. The fourth-order valence-corrected chi connectivity index (χ4v) is 6.13. The number of benzene rings is 1. The lowest BCUT2D eigenvalue weighted by Crippen LogP contribution is -2.41. The molecule has 0 atom stereocenters. The monoisotopic (exact) mass is 507 g/mol. The molecule has 1 aromatic rings. The number of hydrogen-bond acceptors (Lipinski definition) is 6. The van der Waals surface area contributed by atoms with Crippen LogP contribution in [0.25, 0.3) is 6.08 Å². The first kappa shape index (κ1) is 22.3. The Morgan fingerprint density at radius 3 is 2.42 bits per heavy atom. The van der Waals surface area contributed by atoms with Gasteiger partial charge in [0.15, 0.2) is 5.17 Å². The number of carbonyl (C=O) groups is 1. The molecule has 0 spiro atoms. The second kappa shape index (κ2) is 9.73. The van der Waals surface area contributed by atoms with E-state index < -0.39 is 4.92 Å². The summed E-state index contributed by atoms with van der Waals surface area (Å²) in [7, 11) is 0. The molecule has 0 unspecified atom stereocenters. The van der Waals surface area contributed by atoms with Crippen molar-refractivity contribution in [2.75, 3.05) is 0 Å². The van der Waals surface area contributed by atoms with Crippen molar-refractivity contribution >= 4 is 50.5 Å². The van der Waals surface area contributed by atoms with Gasteiger partial charge in [0.1, 0.15) is 5.75 Å². The van der Waals surface area contributed by atoms with Gasteiger partial charge in [0.25, 0.3) is 11.6 Å². The van der Waals surface area contributed by atoms with Crippen LogP contribution in [0.1, 0.15) is 69.8 Å². The predicted octanol–water partition coefficient (Wildman–Crippen LogP) is 6.00. The molecule has 9 heteroatoms. The highest BCUT2D eigenvalue weighted by Crippen LogP contribution is 2.41. The first-order valence-corrected chi connectivity index (χ1v) is 12.5. The fourth-order valence-electron chi connectivity index (χ4n) is 4.57. The maximum absolute atomic E-state index is 13.4. The minimum Gasteiger partial charge on any atom is -0.506 e. The average Bonchev–Trinajstić information content (AvgIpc) is 3.07. The van der Waals surface area contributed by atoms with Crippen molar-refractivity contribution in [1.82, 2.24) is 4.90 Å². The van der Waals surface area contributed by atoms with Crippen LogP contribution >= 0.6 is 27.7 Å². The Morgan fingerprint density at radius 1 is 1.13 bits per heavy atom. The maximum atomic E-state index is 13.4. The average molecular weight is 508 g/mol.